The van der Waals surface area contributed by atoms with Gasteiger partial charge in [-0.2, -0.15) is 0 Å². The first kappa shape index (κ1) is 18.1. The number of methoxy groups -OCH3 is 1. The lowest BCUT2D eigenvalue weighted by Crippen LogP contribution is -2.33. The van der Waals surface area contributed by atoms with Gasteiger partial charge >= 0.3 is 17.8 Å². The Kier molecular flexibility index (Phi) is 5.03. The lowest BCUT2D eigenvalue weighted by molar-refractivity contribution is -0.143. The van der Waals surface area contributed by atoms with Gasteiger partial charge in [0.25, 0.3) is 0 Å². The van der Waals surface area contributed by atoms with Crippen molar-refractivity contribution in [1.82, 2.24) is 9.80 Å². The summed E-state index contributed by atoms with van der Waals surface area (Å²) in [6.07, 6.45) is 0. The average molecular weight is 421 g/mol. The van der Waals surface area contributed by atoms with Crippen molar-refractivity contribution < 1.29 is 23.5 Å². The molecule has 0 aromatic heterocycles. The molecule has 4 amide bonds. The lowest BCUT2D eigenvalue weighted by atomic mass is 10.2. The normalized spacial score (nSPS) is 14.3. The third kappa shape index (κ3) is 3.45. The van der Waals surface area contributed by atoms with Crippen molar-refractivity contribution in [2.24, 2.45) is 0 Å². The fourth-order valence-electron chi connectivity index (χ4n) is 2.60. The van der Waals surface area contributed by atoms with Crippen LogP contribution in [0.3, 0.4) is 0 Å². The van der Waals surface area contributed by atoms with Gasteiger partial charge in [0.05, 0.1) is 20.2 Å². The average Bonchev–Trinajstić information content (AvgIpc) is 2.82. The number of nitrogens with zero attached hydrogens (tertiary/aromatic N) is 2. The van der Waals surface area contributed by atoms with E-state index in [4.69, 9.17) is 4.74 Å². The summed E-state index contributed by atoms with van der Waals surface area (Å²) in [5.41, 5.74) is 0.779. The largest absolute Gasteiger partial charge is 0.497 e. The van der Waals surface area contributed by atoms with Crippen molar-refractivity contribution in [3.8, 4) is 5.75 Å². The first-order valence-electron chi connectivity index (χ1n) is 7.65. The van der Waals surface area contributed by atoms with Gasteiger partial charge in [0, 0.05) is 10.0 Å². The summed E-state index contributed by atoms with van der Waals surface area (Å²) in [6, 6.07) is 10.3. The summed E-state index contributed by atoms with van der Waals surface area (Å²) in [7, 11) is 1.50. The minimum atomic E-state index is -0.972. The van der Waals surface area contributed by atoms with E-state index < -0.39 is 23.7 Å². The Labute approximate surface area is 157 Å². The molecule has 1 heterocycles. The van der Waals surface area contributed by atoms with Crippen LogP contribution in [0.15, 0.2) is 46.9 Å². The Morgan fingerprint density at radius 2 is 1.69 bits per heavy atom. The van der Waals surface area contributed by atoms with E-state index in [1.165, 1.54) is 19.2 Å². The van der Waals surface area contributed by atoms with Gasteiger partial charge in [-0.25, -0.2) is 9.18 Å². The maximum Gasteiger partial charge on any atom is 0.334 e. The minimum absolute atomic E-state index is 0.0695. The van der Waals surface area contributed by atoms with Crippen molar-refractivity contribution in [2.45, 2.75) is 13.1 Å². The standard InChI is InChI=1S/C18H14BrFN2O4/c1-26-14-4-2-3-11(7-14)9-21-16(23)17(24)22(18(21)25)10-12-5-6-13(19)8-15(12)20/h2-8H,9-10H2,1H3. The molecule has 26 heavy (non-hydrogen) atoms. The molecule has 0 bridgehead atoms. The highest BCUT2D eigenvalue weighted by atomic mass is 79.9. The monoisotopic (exact) mass is 420 g/mol. The molecule has 1 aliphatic heterocycles. The van der Waals surface area contributed by atoms with Gasteiger partial charge < -0.3 is 4.74 Å². The Bertz CT molecular complexity index is 903. The molecule has 1 saturated heterocycles. The van der Waals surface area contributed by atoms with Crippen LogP contribution in [-0.4, -0.2) is 34.8 Å². The lowest BCUT2D eigenvalue weighted by Gasteiger charge is -2.16. The van der Waals surface area contributed by atoms with Crippen molar-refractivity contribution in [2.75, 3.05) is 7.11 Å². The molecule has 0 unspecified atom stereocenters. The molecule has 0 atom stereocenters. The van der Waals surface area contributed by atoms with Crippen LogP contribution in [0.4, 0.5) is 9.18 Å². The Morgan fingerprint density at radius 1 is 1.00 bits per heavy atom. The first-order valence-corrected chi connectivity index (χ1v) is 8.44. The Morgan fingerprint density at radius 3 is 2.35 bits per heavy atom. The van der Waals surface area contributed by atoms with Gasteiger partial charge in [-0.1, -0.05) is 34.1 Å². The smallest absolute Gasteiger partial charge is 0.334 e. The summed E-state index contributed by atoms with van der Waals surface area (Å²) in [6.45, 7) is -0.378. The molecule has 2 aromatic carbocycles. The third-order valence-corrected chi connectivity index (χ3v) is 4.45. The predicted molar refractivity (Wildman–Crippen MR) is 93.6 cm³/mol. The zero-order chi connectivity index (χ0) is 18.8. The molecule has 0 radical (unpaired) electrons. The van der Waals surface area contributed by atoms with E-state index >= 15 is 0 Å². The zero-order valence-electron chi connectivity index (χ0n) is 13.7. The van der Waals surface area contributed by atoms with Crippen LogP contribution in [0.25, 0.3) is 0 Å². The molecule has 134 valence electrons. The number of amides is 4. The van der Waals surface area contributed by atoms with E-state index in [1.807, 2.05) is 0 Å². The summed E-state index contributed by atoms with van der Waals surface area (Å²) < 4.78 is 19.6. The van der Waals surface area contributed by atoms with E-state index in [2.05, 4.69) is 15.9 Å². The number of imide groups is 2. The highest BCUT2D eigenvalue weighted by molar-refractivity contribution is 9.10. The second-order valence-corrected chi connectivity index (χ2v) is 6.57. The van der Waals surface area contributed by atoms with Crippen molar-refractivity contribution in [3.05, 3.63) is 63.9 Å². The van der Waals surface area contributed by atoms with Gasteiger partial charge in [0.2, 0.25) is 0 Å². The second kappa shape index (κ2) is 7.25. The van der Waals surface area contributed by atoms with Gasteiger partial charge in [-0.15, -0.1) is 0 Å². The number of hydrogen-bond acceptors (Lipinski definition) is 4. The number of carbonyl (C=O) groups is 3. The van der Waals surface area contributed by atoms with E-state index in [9.17, 15) is 18.8 Å². The van der Waals surface area contributed by atoms with E-state index in [0.29, 0.717) is 15.8 Å². The van der Waals surface area contributed by atoms with Crippen LogP contribution in [0.5, 0.6) is 5.75 Å². The summed E-state index contributed by atoms with van der Waals surface area (Å²) in [5, 5.41) is 0. The van der Waals surface area contributed by atoms with Crippen LogP contribution in [-0.2, 0) is 22.7 Å². The SMILES string of the molecule is COc1cccc(CN2C(=O)C(=O)N(Cc3ccc(Br)cc3F)C2=O)c1. The molecule has 6 nitrogen and oxygen atoms in total. The van der Waals surface area contributed by atoms with Crippen LogP contribution < -0.4 is 4.74 Å². The van der Waals surface area contributed by atoms with Gasteiger partial charge in [-0.05, 0) is 29.8 Å². The van der Waals surface area contributed by atoms with Crippen LogP contribution in [0.1, 0.15) is 11.1 Å². The molecular weight excluding hydrogens is 407 g/mol. The van der Waals surface area contributed by atoms with E-state index in [1.54, 1.807) is 30.3 Å². The third-order valence-electron chi connectivity index (χ3n) is 3.95. The minimum Gasteiger partial charge on any atom is -0.497 e. The number of carbonyl (C=O) groups excluding carboxylic acids is 3. The summed E-state index contributed by atoms with van der Waals surface area (Å²) in [5.74, 6) is -1.91. The molecule has 3 rings (SSSR count). The molecule has 2 aromatic rings. The van der Waals surface area contributed by atoms with Crippen molar-refractivity contribution in [3.63, 3.8) is 0 Å². The van der Waals surface area contributed by atoms with Crippen LogP contribution in [0, 0.1) is 5.82 Å². The highest BCUT2D eigenvalue weighted by Crippen LogP contribution is 2.22. The first-order chi connectivity index (χ1) is 12.4. The number of urea groups is 1. The summed E-state index contributed by atoms with van der Waals surface area (Å²) in [4.78, 5) is 38.5. The van der Waals surface area contributed by atoms with Crippen molar-refractivity contribution >= 4 is 33.8 Å². The number of hydrogen-bond donors (Lipinski definition) is 0. The number of ether oxygens (including phenoxy) is 1. The zero-order valence-corrected chi connectivity index (χ0v) is 15.3. The maximum atomic E-state index is 14.0. The number of rotatable bonds is 5. The van der Waals surface area contributed by atoms with E-state index in [-0.39, 0.29) is 18.7 Å². The molecule has 0 saturated carbocycles. The fourth-order valence-corrected chi connectivity index (χ4v) is 2.94. The molecule has 8 heteroatoms. The molecule has 0 aliphatic carbocycles. The van der Waals surface area contributed by atoms with Crippen LogP contribution in [0.2, 0.25) is 0 Å². The Hall–Kier alpha value is -2.74. The van der Waals surface area contributed by atoms with Gasteiger partial charge in [0.15, 0.2) is 0 Å². The molecular formula is C18H14BrFN2O4. The van der Waals surface area contributed by atoms with Crippen LogP contribution >= 0.6 is 15.9 Å². The second-order valence-electron chi connectivity index (χ2n) is 5.65. The van der Waals surface area contributed by atoms with Gasteiger partial charge in [0.1, 0.15) is 11.6 Å². The molecule has 0 N–H and O–H groups in total. The topological polar surface area (TPSA) is 66.9 Å². The highest BCUT2D eigenvalue weighted by Gasteiger charge is 2.44. The number of halogens is 2. The van der Waals surface area contributed by atoms with Gasteiger partial charge in [-0.3, -0.25) is 19.4 Å². The maximum absolute atomic E-state index is 14.0. The predicted octanol–water partition coefficient (Wildman–Crippen LogP) is 3.09. The number of benzene rings is 2. The Balaban J connectivity index is 1.80. The van der Waals surface area contributed by atoms with E-state index in [0.717, 1.165) is 9.80 Å². The fraction of sp³-hybridized carbons (Fsp3) is 0.167. The molecule has 1 aliphatic rings. The quantitative estimate of drug-likeness (QED) is 0.550. The molecule has 1 fully saturated rings. The summed E-state index contributed by atoms with van der Waals surface area (Å²) >= 11 is 3.14. The van der Waals surface area contributed by atoms with Crippen molar-refractivity contribution in [1.29, 1.82) is 0 Å². The molecule has 0 spiro atoms.